The number of hydrazone groups is 1. The van der Waals surface area contributed by atoms with E-state index < -0.39 is 11.9 Å². The Morgan fingerprint density at radius 2 is 1.51 bits per heavy atom. The van der Waals surface area contributed by atoms with Gasteiger partial charge in [0.15, 0.2) is 6.61 Å². The molecule has 4 aromatic carbocycles. The van der Waals surface area contributed by atoms with Gasteiger partial charge in [0.25, 0.3) is 5.91 Å². The molecule has 0 saturated carbocycles. The number of halogens is 1. The lowest BCUT2D eigenvalue weighted by molar-refractivity contribution is -0.123. The maximum Gasteiger partial charge on any atom is 0.343 e. The van der Waals surface area contributed by atoms with Crippen molar-refractivity contribution in [2.75, 3.05) is 6.61 Å². The fourth-order valence-electron chi connectivity index (χ4n) is 3.14. The van der Waals surface area contributed by atoms with Gasteiger partial charge in [0, 0.05) is 5.02 Å². The summed E-state index contributed by atoms with van der Waals surface area (Å²) in [5.41, 5.74) is 5.61. The number of rotatable bonds is 8. The van der Waals surface area contributed by atoms with Gasteiger partial charge in [0.05, 0.1) is 11.8 Å². The Kier molecular flexibility index (Phi) is 7.88. The Balaban J connectivity index is 1.25. The molecule has 0 aliphatic heterocycles. The molecule has 0 radical (unpaired) electrons. The summed E-state index contributed by atoms with van der Waals surface area (Å²) in [7, 11) is 0. The fourth-order valence-corrected chi connectivity index (χ4v) is 3.27. The van der Waals surface area contributed by atoms with E-state index in [1.165, 1.54) is 6.21 Å². The summed E-state index contributed by atoms with van der Waals surface area (Å²) in [5.74, 6) is 0.0261. The Bertz CT molecular complexity index is 1320. The SMILES string of the molecule is O=C(COc1ccc(-c2ccccc2)cc1)N/N=C/c1cccc(OC(=O)c2ccc(Cl)cc2)c1. The predicted octanol–water partition coefficient (Wildman–Crippen LogP) is 5.76. The summed E-state index contributed by atoms with van der Waals surface area (Å²) in [5, 5.41) is 4.47. The van der Waals surface area contributed by atoms with Crippen molar-refractivity contribution in [3.05, 3.63) is 119 Å². The zero-order valence-corrected chi connectivity index (χ0v) is 19.3. The van der Waals surface area contributed by atoms with E-state index in [1.807, 2.05) is 54.6 Å². The van der Waals surface area contributed by atoms with Gasteiger partial charge in [-0.1, -0.05) is 66.2 Å². The van der Waals surface area contributed by atoms with Gasteiger partial charge in [-0.05, 0) is 65.2 Å². The molecule has 0 fully saturated rings. The van der Waals surface area contributed by atoms with Crippen LogP contribution in [0.5, 0.6) is 11.5 Å². The number of carbonyl (C=O) groups is 2. The molecule has 4 aromatic rings. The molecular formula is C28H21ClN2O4. The quantitative estimate of drug-likeness (QED) is 0.149. The predicted molar refractivity (Wildman–Crippen MR) is 136 cm³/mol. The molecule has 1 amide bonds. The van der Waals surface area contributed by atoms with Gasteiger partial charge in [-0.25, -0.2) is 10.2 Å². The smallest absolute Gasteiger partial charge is 0.343 e. The van der Waals surface area contributed by atoms with Crippen molar-refractivity contribution in [3.63, 3.8) is 0 Å². The second-order valence-corrected chi connectivity index (χ2v) is 7.88. The number of hydrogen-bond acceptors (Lipinski definition) is 5. The molecule has 0 saturated heterocycles. The molecule has 0 heterocycles. The number of benzene rings is 4. The van der Waals surface area contributed by atoms with Crippen LogP contribution < -0.4 is 14.9 Å². The zero-order valence-electron chi connectivity index (χ0n) is 18.6. The van der Waals surface area contributed by atoms with Crippen LogP contribution >= 0.6 is 11.6 Å². The van der Waals surface area contributed by atoms with E-state index in [1.54, 1.807) is 48.5 Å². The van der Waals surface area contributed by atoms with Crippen LogP contribution in [0, 0.1) is 0 Å². The minimum absolute atomic E-state index is 0.180. The van der Waals surface area contributed by atoms with Gasteiger partial charge in [-0.3, -0.25) is 4.79 Å². The molecule has 0 aliphatic rings. The fraction of sp³-hybridized carbons (Fsp3) is 0.0357. The van der Waals surface area contributed by atoms with E-state index in [4.69, 9.17) is 21.1 Å². The summed E-state index contributed by atoms with van der Waals surface area (Å²) < 4.78 is 10.9. The molecular weight excluding hydrogens is 464 g/mol. The number of hydrogen-bond donors (Lipinski definition) is 1. The maximum atomic E-state index is 12.2. The molecule has 0 spiro atoms. The van der Waals surface area contributed by atoms with Crippen LogP contribution in [0.3, 0.4) is 0 Å². The zero-order chi connectivity index (χ0) is 24.5. The van der Waals surface area contributed by atoms with E-state index in [0.29, 0.717) is 27.6 Å². The lowest BCUT2D eigenvalue weighted by Crippen LogP contribution is -2.24. The van der Waals surface area contributed by atoms with E-state index in [2.05, 4.69) is 10.5 Å². The Hall–Kier alpha value is -4.42. The molecule has 0 bridgehead atoms. The third-order valence-corrected chi connectivity index (χ3v) is 5.13. The number of esters is 1. The Labute approximate surface area is 207 Å². The van der Waals surface area contributed by atoms with Crippen LogP contribution in [-0.4, -0.2) is 24.7 Å². The highest BCUT2D eigenvalue weighted by Gasteiger charge is 2.09. The van der Waals surface area contributed by atoms with E-state index in [9.17, 15) is 9.59 Å². The first kappa shape index (κ1) is 23.7. The molecule has 0 unspecified atom stereocenters. The van der Waals surface area contributed by atoms with Crippen molar-refractivity contribution in [1.29, 1.82) is 0 Å². The molecule has 0 atom stereocenters. The molecule has 6 nitrogen and oxygen atoms in total. The van der Waals surface area contributed by atoms with Gasteiger partial charge in [0.2, 0.25) is 0 Å². The van der Waals surface area contributed by atoms with E-state index >= 15 is 0 Å². The average molecular weight is 485 g/mol. The number of carbonyl (C=O) groups excluding carboxylic acids is 2. The lowest BCUT2D eigenvalue weighted by Gasteiger charge is -2.07. The number of nitrogens with zero attached hydrogens (tertiary/aromatic N) is 1. The van der Waals surface area contributed by atoms with Gasteiger partial charge in [0.1, 0.15) is 11.5 Å². The second-order valence-electron chi connectivity index (χ2n) is 7.44. The minimum atomic E-state index is -0.502. The van der Waals surface area contributed by atoms with Crippen LogP contribution in [0.2, 0.25) is 5.02 Å². The van der Waals surface area contributed by atoms with Gasteiger partial charge < -0.3 is 9.47 Å². The van der Waals surface area contributed by atoms with Crippen LogP contribution in [0.15, 0.2) is 108 Å². The number of ether oxygens (including phenoxy) is 2. The van der Waals surface area contributed by atoms with E-state index in [-0.39, 0.29) is 6.61 Å². The molecule has 7 heteroatoms. The highest BCUT2D eigenvalue weighted by Crippen LogP contribution is 2.22. The first-order valence-corrected chi connectivity index (χ1v) is 11.1. The summed E-state index contributed by atoms with van der Waals surface area (Å²) in [4.78, 5) is 24.3. The number of amides is 1. The largest absolute Gasteiger partial charge is 0.484 e. The summed E-state index contributed by atoms with van der Waals surface area (Å²) in [6.45, 7) is -0.180. The third kappa shape index (κ3) is 7.03. The first-order chi connectivity index (χ1) is 17.1. The lowest BCUT2D eigenvalue weighted by atomic mass is 10.1. The molecule has 0 aromatic heterocycles. The van der Waals surface area contributed by atoms with Crippen LogP contribution in [0.1, 0.15) is 15.9 Å². The highest BCUT2D eigenvalue weighted by molar-refractivity contribution is 6.30. The first-order valence-electron chi connectivity index (χ1n) is 10.7. The molecule has 35 heavy (non-hydrogen) atoms. The minimum Gasteiger partial charge on any atom is -0.484 e. The van der Waals surface area contributed by atoms with E-state index in [0.717, 1.165) is 11.1 Å². The van der Waals surface area contributed by atoms with Crippen molar-refractivity contribution < 1.29 is 19.1 Å². The second kappa shape index (κ2) is 11.6. The molecule has 0 aliphatic carbocycles. The summed E-state index contributed by atoms with van der Waals surface area (Å²) in [6, 6.07) is 30.7. The van der Waals surface area contributed by atoms with Crippen molar-refractivity contribution >= 4 is 29.7 Å². The monoisotopic (exact) mass is 484 g/mol. The Morgan fingerprint density at radius 3 is 2.26 bits per heavy atom. The maximum absolute atomic E-state index is 12.2. The van der Waals surface area contributed by atoms with Crippen molar-refractivity contribution in [2.24, 2.45) is 5.10 Å². The van der Waals surface area contributed by atoms with Gasteiger partial charge in [-0.2, -0.15) is 5.10 Å². The van der Waals surface area contributed by atoms with Gasteiger partial charge >= 0.3 is 5.97 Å². The van der Waals surface area contributed by atoms with Crippen molar-refractivity contribution in [3.8, 4) is 22.6 Å². The molecule has 4 rings (SSSR count). The average Bonchev–Trinajstić information content (AvgIpc) is 2.89. The topological polar surface area (TPSA) is 77.0 Å². The summed E-state index contributed by atoms with van der Waals surface area (Å²) >= 11 is 5.84. The van der Waals surface area contributed by atoms with Gasteiger partial charge in [-0.15, -0.1) is 0 Å². The molecule has 174 valence electrons. The Morgan fingerprint density at radius 1 is 0.800 bits per heavy atom. The van der Waals surface area contributed by atoms with Crippen molar-refractivity contribution in [1.82, 2.24) is 5.43 Å². The normalized spacial score (nSPS) is 10.7. The third-order valence-electron chi connectivity index (χ3n) is 4.88. The standard InChI is InChI=1S/C28H21ClN2O4/c29-24-13-9-23(10-14-24)28(33)35-26-8-4-5-20(17-26)18-30-31-27(32)19-34-25-15-11-22(12-16-25)21-6-2-1-3-7-21/h1-18H,19H2,(H,31,32)/b30-18+. The van der Waals surface area contributed by atoms with Crippen molar-refractivity contribution in [2.45, 2.75) is 0 Å². The van der Waals surface area contributed by atoms with Crippen LogP contribution in [0.4, 0.5) is 0 Å². The van der Waals surface area contributed by atoms with Crippen LogP contribution in [0.25, 0.3) is 11.1 Å². The number of nitrogens with one attached hydrogen (secondary N) is 1. The highest BCUT2D eigenvalue weighted by atomic mass is 35.5. The van der Waals surface area contributed by atoms with Crippen LogP contribution in [-0.2, 0) is 4.79 Å². The summed E-state index contributed by atoms with van der Waals surface area (Å²) in [6.07, 6.45) is 1.45. The molecule has 1 N–H and O–H groups in total.